The van der Waals surface area contributed by atoms with Crippen molar-refractivity contribution in [3.63, 3.8) is 0 Å². The second-order valence-electron chi connectivity index (χ2n) is 12.1. The van der Waals surface area contributed by atoms with Crippen LogP contribution in [0.3, 0.4) is 0 Å². The molecule has 2 heterocycles. The maximum Gasteiger partial charge on any atom is 0.145 e. The summed E-state index contributed by atoms with van der Waals surface area (Å²) in [5, 5.41) is 0. The van der Waals surface area contributed by atoms with E-state index in [1.165, 1.54) is 31.5 Å². The molecule has 4 aromatic carbocycles. The van der Waals surface area contributed by atoms with E-state index in [1.807, 2.05) is 30.3 Å². The van der Waals surface area contributed by atoms with Gasteiger partial charge < -0.3 is 9.47 Å². The van der Waals surface area contributed by atoms with Crippen molar-refractivity contribution in [1.29, 1.82) is 0 Å². The molecule has 0 bridgehead atoms. The van der Waals surface area contributed by atoms with Gasteiger partial charge in [0.2, 0.25) is 0 Å². The number of benzene rings is 4. The van der Waals surface area contributed by atoms with Gasteiger partial charge in [-0.1, -0.05) is 58.0 Å². The van der Waals surface area contributed by atoms with Crippen LogP contribution in [0.2, 0.25) is 0 Å². The molecular formula is C39H37F2N3O2. The van der Waals surface area contributed by atoms with Crippen molar-refractivity contribution in [2.75, 3.05) is 14.2 Å². The molecule has 0 amide bonds. The number of aromatic nitrogens is 3. The molecule has 0 fully saturated rings. The Balaban J connectivity index is 1.68. The zero-order valence-corrected chi connectivity index (χ0v) is 26.9. The monoisotopic (exact) mass is 617 g/mol. The first kappa shape index (κ1) is 31.0. The lowest BCUT2D eigenvalue weighted by molar-refractivity contribution is 0.414. The summed E-state index contributed by atoms with van der Waals surface area (Å²) in [7, 11) is 2.99. The summed E-state index contributed by atoms with van der Waals surface area (Å²) in [5.74, 6) is 0.847. The molecule has 0 aliphatic carbocycles. The molecular weight excluding hydrogens is 580 g/mol. The van der Waals surface area contributed by atoms with E-state index in [9.17, 15) is 0 Å². The summed E-state index contributed by atoms with van der Waals surface area (Å²) in [4.78, 5) is 9.54. The predicted molar refractivity (Wildman–Crippen MR) is 181 cm³/mol. The summed E-state index contributed by atoms with van der Waals surface area (Å²) < 4.78 is 45.2. The smallest absolute Gasteiger partial charge is 0.145 e. The Bertz CT molecular complexity index is 2050. The highest BCUT2D eigenvalue weighted by Crippen LogP contribution is 2.45. The molecule has 46 heavy (non-hydrogen) atoms. The van der Waals surface area contributed by atoms with Crippen LogP contribution in [0.4, 0.5) is 8.78 Å². The largest absolute Gasteiger partial charge is 0.496 e. The van der Waals surface area contributed by atoms with Gasteiger partial charge in [-0.3, -0.25) is 9.55 Å². The van der Waals surface area contributed by atoms with Crippen LogP contribution in [0.5, 0.6) is 11.5 Å². The van der Waals surface area contributed by atoms with Crippen molar-refractivity contribution in [2.24, 2.45) is 5.92 Å². The second kappa shape index (κ2) is 12.8. The van der Waals surface area contributed by atoms with Gasteiger partial charge in [0.05, 0.1) is 36.5 Å². The number of para-hydroxylation sites is 3. The number of hydrogen-bond acceptors (Lipinski definition) is 4. The Morgan fingerprint density at radius 3 is 2.22 bits per heavy atom. The van der Waals surface area contributed by atoms with E-state index < -0.39 is 11.6 Å². The fourth-order valence-electron chi connectivity index (χ4n) is 6.23. The minimum Gasteiger partial charge on any atom is -0.496 e. The summed E-state index contributed by atoms with van der Waals surface area (Å²) in [5.41, 5.74) is 6.64. The third kappa shape index (κ3) is 5.51. The Labute approximate surface area is 268 Å². The highest BCUT2D eigenvalue weighted by Gasteiger charge is 2.26. The molecule has 234 valence electrons. The first-order valence-corrected chi connectivity index (χ1v) is 15.5. The molecule has 6 aromatic rings. The topological polar surface area (TPSA) is 49.2 Å². The van der Waals surface area contributed by atoms with Crippen LogP contribution >= 0.6 is 0 Å². The van der Waals surface area contributed by atoms with Crippen LogP contribution in [0.25, 0.3) is 50.5 Å². The third-order valence-corrected chi connectivity index (χ3v) is 8.24. The first-order valence-electron chi connectivity index (χ1n) is 15.5. The fourth-order valence-corrected chi connectivity index (χ4v) is 6.23. The van der Waals surface area contributed by atoms with Gasteiger partial charge in [-0.25, -0.2) is 13.8 Å². The van der Waals surface area contributed by atoms with Crippen LogP contribution < -0.4 is 9.47 Å². The van der Waals surface area contributed by atoms with Crippen molar-refractivity contribution in [3.8, 4) is 51.0 Å². The number of pyridine rings is 1. The highest BCUT2D eigenvalue weighted by molar-refractivity contribution is 5.90. The normalized spacial score (nSPS) is 11.5. The molecule has 5 nitrogen and oxygen atoms in total. The van der Waals surface area contributed by atoms with E-state index in [4.69, 9.17) is 14.5 Å². The van der Waals surface area contributed by atoms with Crippen LogP contribution in [-0.4, -0.2) is 28.8 Å². The van der Waals surface area contributed by atoms with Gasteiger partial charge in [0.15, 0.2) is 0 Å². The van der Waals surface area contributed by atoms with Crippen molar-refractivity contribution in [2.45, 2.75) is 40.0 Å². The summed E-state index contributed by atoms with van der Waals surface area (Å²) in [6.07, 6.45) is 2.42. The number of hydrogen-bond donors (Lipinski definition) is 0. The first-order chi connectivity index (χ1) is 22.2. The molecule has 0 saturated heterocycles. The number of methoxy groups -OCH3 is 2. The molecule has 0 saturated carbocycles. The Morgan fingerprint density at radius 2 is 1.50 bits per heavy atom. The lowest BCUT2D eigenvalue weighted by atomic mass is 9.92. The molecule has 0 aliphatic heterocycles. The van der Waals surface area contributed by atoms with Gasteiger partial charge in [0.1, 0.15) is 34.7 Å². The Kier molecular flexibility index (Phi) is 8.59. The van der Waals surface area contributed by atoms with E-state index in [-0.39, 0.29) is 22.7 Å². The van der Waals surface area contributed by atoms with E-state index in [0.717, 1.165) is 40.8 Å². The molecule has 2 aromatic heterocycles. The molecule has 0 atom stereocenters. The minimum absolute atomic E-state index is 0.00854. The van der Waals surface area contributed by atoms with Crippen LogP contribution in [0, 0.1) is 17.6 Å². The SMILES string of the molecule is COc1ccc(-c2nc3ccccc3n2-c2c(CC(C)C)cccc2C(C)C)cc1-c1c(F)ccc(F)c1-c1ncccc1OC. The summed E-state index contributed by atoms with van der Waals surface area (Å²) in [6, 6.07) is 25.7. The van der Waals surface area contributed by atoms with Crippen LogP contribution in [0.15, 0.2) is 91.1 Å². The number of rotatable bonds is 9. The zero-order valence-electron chi connectivity index (χ0n) is 26.9. The van der Waals surface area contributed by atoms with Gasteiger partial charge in [0, 0.05) is 22.9 Å². The molecule has 0 N–H and O–H groups in total. The van der Waals surface area contributed by atoms with E-state index in [0.29, 0.717) is 28.8 Å². The maximum absolute atomic E-state index is 16.0. The van der Waals surface area contributed by atoms with E-state index in [1.54, 1.807) is 18.2 Å². The number of ether oxygens (including phenoxy) is 2. The number of halogens is 2. The molecule has 0 unspecified atom stereocenters. The van der Waals surface area contributed by atoms with Crippen molar-refractivity contribution in [3.05, 3.63) is 114 Å². The van der Waals surface area contributed by atoms with Crippen molar-refractivity contribution in [1.82, 2.24) is 14.5 Å². The van der Waals surface area contributed by atoms with Gasteiger partial charge in [-0.2, -0.15) is 0 Å². The molecule has 0 spiro atoms. The lowest BCUT2D eigenvalue weighted by Gasteiger charge is -2.22. The predicted octanol–water partition coefficient (Wildman–Crippen LogP) is 10.0. The summed E-state index contributed by atoms with van der Waals surface area (Å²) in [6.45, 7) is 8.83. The van der Waals surface area contributed by atoms with Gasteiger partial charge >= 0.3 is 0 Å². The quantitative estimate of drug-likeness (QED) is 0.162. The maximum atomic E-state index is 16.0. The van der Waals surface area contributed by atoms with Gasteiger partial charge in [0.25, 0.3) is 0 Å². The Morgan fingerprint density at radius 1 is 0.761 bits per heavy atom. The summed E-state index contributed by atoms with van der Waals surface area (Å²) >= 11 is 0. The fraction of sp³-hybridized carbons (Fsp3) is 0.231. The van der Waals surface area contributed by atoms with Crippen molar-refractivity contribution < 1.29 is 18.3 Å². The number of nitrogens with zero attached hydrogens (tertiary/aromatic N) is 3. The second-order valence-corrected chi connectivity index (χ2v) is 12.1. The lowest BCUT2D eigenvalue weighted by Crippen LogP contribution is -2.09. The number of fused-ring (bicyclic) bond motifs is 1. The zero-order chi connectivity index (χ0) is 32.5. The molecule has 6 rings (SSSR count). The van der Waals surface area contributed by atoms with E-state index in [2.05, 4.69) is 61.5 Å². The van der Waals surface area contributed by atoms with Gasteiger partial charge in [-0.15, -0.1) is 0 Å². The molecule has 0 aliphatic rings. The van der Waals surface area contributed by atoms with Crippen LogP contribution in [0.1, 0.15) is 44.7 Å². The van der Waals surface area contributed by atoms with Gasteiger partial charge in [-0.05, 0) is 84.0 Å². The Hall–Kier alpha value is -5.04. The third-order valence-electron chi connectivity index (χ3n) is 8.24. The van der Waals surface area contributed by atoms with E-state index >= 15 is 8.78 Å². The average molecular weight is 618 g/mol. The molecule has 0 radical (unpaired) electrons. The minimum atomic E-state index is -0.628. The van der Waals surface area contributed by atoms with Crippen LogP contribution in [-0.2, 0) is 6.42 Å². The molecule has 7 heteroatoms. The average Bonchev–Trinajstić information content (AvgIpc) is 3.44. The standard InChI is InChI=1S/C39H37F2N3O2/c1-23(2)21-25-11-9-12-27(24(3)4)38(25)44-32-14-8-7-13-31(32)43-39(44)26-16-19-33(45-5)28(22-26)35-29(40)17-18-30(41)36(35)37-34(46-6)15-10-20-42-37/h7-20,22-24H,21H2,1-6H3. The van der Waals surface area contributed by atoms with Crippen molar-refractivity contribution >= 4 is 11.0 Å². The number of imidazole rings is 1. The highest BCUT2D eigenvalue weighted by atomic mass is 19.1.